The Labute approximate surface area is 90.6 Å². The van der Waals surface area contributed by atoms with Crippen LogP contribution in [-0.4, -0.2) is 5.16 Å². The Balaban J connectivity index is 3.25. The molecule has 1 rings (SSSR count). The van der Waals surface area contributed by atoms with Gasteiger partial charge in [-0.2, -0.15) is 18.2 Å². The number of benzene rings is 1. The molecule has 0 unspecified atom stereocenters. The smallest absolute Gasteiger partial charge is 0.194 e. The van der Waals surface area contributed by atoms with Crippen LogP contribution in [0.25, 0.3) is 0 Å². The Kier molecular flexibility index (Phi) is 3.61. The number of rotatable bonds is 2. The third kappa shape index (κ3) is 2.88. The first kappa shape index (κ1) is 11.9. The van der Waals surface area contributed by atoms with Gasteiger partial charge in [-0.1, -0.05) is 6.92 Å². The molecule has 0 aliphatic heterocycles. The van der Waals surface area contributed by atoms with Crippen molar-refractivity contribution in [1.82, 2.24) is 0 Å². The number of isothiocyanates is 1. The van der Waals surface area contributed by atoms with Gasteiger partial charge in [0, 0.05) is 0 Å². The second-order valence-corrected chi connectivity index (χ2v) is 3.08. The molecule has 0 spiro atoms. The second-order valence-electron chi connectivity index (χ2n) is 2.90. The van der Waals surface area contributed by atoms with E-state index in [1.807, 2.05) is 0 Å². The SMILES string of the molecule is CCc1cc(C(F)(F)F)ccc1N=C=S. The van der Waals surface area contributed by atoms with Crippen molar-refractivity contribution in [2.75, 3.05) is 0 Å². The van der Waals surface area contributed by atoms with Crippen LogP contribution in [0.2, 0.25) is 0 Å². The van der Waals surface area contributed by atoms with E-state index in [2.05, 4.69) is 22.4 Å². The third-order valence-corrected chi connectivity index (χ3v) is 2.05. The molecule has 0 radical (unpaired) electrons. The number of aryl methyl sites for hydroxylation is 1. The molecule has 5 heteroatoms. The summed E-state index contributed by atoms with van der Waals surface area (Å²) in [5.41, 5.74) is 0.297. The minimum Gasteiger partial charge on any atom is -0.194 e. The van der Waals surface area contributed by atoms with Crippen LogP contribution < -0.4 is 0 Å². The Morgan fingerprint density at radius 1 is 1.40 bits per heavy atom. The molecule has 0 saturated carbocycles. The standard InChI is InChI=1S/C10H8F3NS/c1-2-7-5-8(10(11,12)13)3-4-9(7)14-6-15/h3-5H,2H2,1H3. The number of halogens is 3. The number of alkyl halides is 3. The lowest BCUT2D eigenvalue weighted by Crippen LogP contribution is -2.05. The van der Waals surface area contributed by atoms with Gasteiger partial charge in [0.15, 0.2) is 0 Å². The number of hydrogen-bond acceptors (Lipinski definition) is 2. The predicted octanol–water partition coefficient (Wildman–Crippen LogP) is 4.00. The zero-order valence-corrected chi connectivity index (χ0v) is 8.75. The van der Waals surface area contributed by atoms with Crippen LogP contribution in [0.4, 0.5) is 18.9 Å². The van der Waals surface area contributed by atoms with Crippen LogP contribution in [0.1, 0.15) is 18.1 Å². The normalized spacial score (nSPS) is 10.9. The summed E-state index contributed by atoms with van der Waals surface area (Å²) in [5.74, 6) is 0. The highest BCUT2D eigenvalue weighted by Crippen LogP contribution is 2.32. The fourth-order valence-electron chi connectivity index (χ4n) is 1.20. The highest BCUT2D eigenvalue weighted by Gasteiger charge is 2.30. The Hall–Kier alpha value is -1.19. The zero-order chi connectivity index (χ0) is 11.5. The van der Waals surface area contributed by atoms with E-state index < -0.39 is 11.7 Å². The fourth-order valence-corrected chi connectivity index (χ4v) is 1.30. The fraction of sp³-hybridized carbons (Fsp3) is 0.300. The van der Waals surface area contributed by atoms with Gasteiger partial charge >= 0.3 is 6.18 Å². The van der Waals surface area contributed by atoms with E-state index in [0.29, 0.717) is 17.7 Å². The van der Waals surface area contributed by atoms with Gasteiger partial charge < -0.3 is 0 Å². The third-order valence-electron chi connectivity index (χ3n) is 1.95. The molecule has 1 aromatic carbocycles. The van der Waals surface area contributed by atoms with Gasteiger partial charge in [-0.25, -0.2) is 0 Å². The van der Waals surface area contributed by atoms with E-state index in [1.165, 1.54) is 6.07 Å². The molecule has 0 bridgehead atoms. The first-order chi connectivity index (χ1) is 6.99. The summed E-state index contributed by atoms with van der Waals surface area (Å²) in [5, 5.41) is 2.14. The Morgan fingerprint density at radius 2 is 2.07 bits per heavy atom. The molecule has 0 fully saturated rings. The summed E-state index contributed by atoms with van der Waals surface area (Å²) >= 11 is 4.41. The summed E-state index contributed by atoms with van der Waals surface area (Å²) in [6, 6.07) is 3.39. The molecule has 15 heavy (non-hydrogen) atoms. The van der Waals surface area contributed by atoms with Gasteiger partial charge in [0.2, 0.25) is 0 Å². The molecule has 1 nitrogen and oxygen atoms in total. The minimum atomic E-state index is -4.32. The van der Waals surface area contributed by atoms with E-state index in [4.69, 9.17) is 0 Å². The van der Waals surface area contributed by atoms with E-state index in [9.17, 15) is 13.2 Å². The van der Waals surface area contributed by atoms with Crippen molar-refractivity contribution in [2.24, 2.45) is 4.99 Å². The van der Waals surface area contributed by atoms with Crippen LogP contribution in [0, 0.1) is 0 Å². The van der Waals surface area contributed by atoms with Crippen molar-refractivity contribution in [2.45, 2.75) is 19.5 Å². The predicted molar refractivity (Wildman–Crippen MR) is 55.5 cm³/mol. The first-order valence-electron chi connectivity index (χ1n) is 4.27. The van der Waals surface area contributed by atoms with Gasteiger partial charge in [0.05, 0.1) is 16.4 Å². The van der Waals surface area contributed by atoms with Crippen LogP contribution in [0.3, 0.4) is 0 Å². The van der Waals surface area contributed by atoms with Crippen LogP contribution in [0.5, 0.6) is 0 Å². The van der Waals surface area contributed by atoms with Crippen molar-refractivity contribution in [3.05, 3.63) is 29.3 Å². The molecular weight excluding hydrogens is 223 g/mol. The molecule has 1 aromatic rings. The Morgan fingerprint density at radius 3 is 2.53 bits per heavy atom. The minimum absolute atomic E-state index is 0.445. The zero-order valence-electron chi connectivity index (χ0n) is 7.93. The Bertz CT molecular complexity index is 406. The maximum atomic E-state index is 12.4. The molecule has 0 N–H and O–H groups in total. The molecule has 0 amide bonds. The number of aliphatic imine (C=N–C) groups is 1. The topological polar surface area (TPSA) is 12.4 Å². The summed E-state index contributed by atoms with van der Waals surface area (Å²) in [6.07, 6.45) is -3.84. The van der Waals surface area contributed by atoms with E-state index in [1.54, 1.807) is 6.92 Å². The molecule has 0 atom stereocenters. The molecule has 80 valence electrons. The average Bonchev–Trinajstić information content (AvgIpc) is 2.17. The number of nitrogens with zero attached hydrogens (tertiary/aromatic N) is 1. The van der Waals surface area contributed by atoms with E-state index in [-0.39, 0.29) is 0 Å². The second kappa shape index (κ2) is 4.55. The monoisotopic (exact) mass is 231 g/mol. The largest absolute Gasteiger partial charge is 0.416 e. The van der Waals surface area contributed by atoms with Crippen LogP contribution in [0.15, 0.2) is 23.2 Å². The molecular formula is C10H8F3NS. The summed E-state index contributed by atoms with van der Waals surface area (Å²) in [7, 11) is 0. The molecule has 0 aromatic heterocycles. The van der Waals surface area contributed by atoms with Crippen molar-refractivity contribution in [3.63, 3.8) is 0 Å². The van der Waals surface area contributed by atoms with Gasteiger partial charge in [0.1, 0.15) is 0 Å². The van der Waals surface area contributed by atoms with Gasteiger partial charge in [0.25, 0.3) is 0 Å². The van der Waals surface area contributed by atoms with Crippen molar-refractivity contribution in [1.29, 1.82) is 0 Å². The molecule has 0 aliphatic carbocycles. The van der Waals surface area contributed by atoms with Crippen molar-refractivity contribution >= 4 is 23.1 Å². The average molecular weight is 231 g/mol. The summed E-state index contributed by atoms with van der Waals surface area (Å²) in [4.78, 5) is 3.70. The van der Waals surface area contributed by atoms with Gasteiger partial charge in [-0.15, -0.1) is 0 Å². The van der Waals surface area contributed by atoms with Crippen LogP contribution in [-0.2, 0) is 12.6 Å². The summed E-state index contributed by atoms with van der Waals surface area (Å²) < 4.78 is 37.1. The van der Waals surface area contributed by atoms with E-state index in [0.717, 1.165) is 12.1 Å². The van der Waals surface area contributed by atoms with Crippen molar-refractivity contribution in [3.8, 4) is 0 Å². The molecule has 0 aliphatic rings. The maximum Gasteiger partial charge on any atom is 0.416 e. The number of thiocarbonyl (C=S) groups is 1. The van der Waals surface area contributed by atoms with Gasteiger partial charge in [-0.3, -0.25) is 0 Å². The van der Waals surface area contributed by atoms with E-state index >= 15 is 0 Å². The highest BCUT2D eigenvalue weighted by molar-refractivity contribution is 7.78. The van der Waals surface area contributed by atoms with Gasteiger partial charge in [-0.05, 0) is 42.4 Å². The summed E-state index contributed by atoms with van der Waals surface area (Å²) in [6.45, 7) is 1.76. The molecule has 0 saturated heterocycles. The highest BCUT2D eigenvalue weighted by atomic mass is 32.1. The number of hydrogen-bond donors (Lipinski definition) is 0. The lowest BCUT2D eigenvalue weighted by atomic mass is 10.1. The van der Waals surface area contributed by atoms with Crippen molar-refractivity contribution < 1.29 is 13.2 Å². The maximum absolute atomic E-state index is 12.4. The lowest BCUT2D eigenvalue weighted by molar-refractivity contribution is -0.137. The molecule has 0 heterocycles. The first-order valence-corrected chi connectivity index (χ1v) is 4.68. The lowest BCUT2D eigenvalue weighted by Gasteiger charge is -2.09. The quantitative estimate of drug-likeness (QED) is 0.553. The van der Waals surface area contributed by atoms with Crippen LogP contribution >= 0.6 is 12.2 Å².